The van der Waals surface area contributed by atoms with E-state index in [1.165, 1.54) is 0 Å². The van der Waals surface area contributed by atoms with Crippen LogP contribution in [-0.2, 0) is 6.54 Å². The van der Waals surface area contributed by atoms with Gasteiger partial charge < -0.3 is 9.64 Å². The molecule has 108 valence electrons. The molecule has 0 aliphatic carbocycles. The number of ether oxygens (including phenoxy) is 1. The Balaban J connectivity index is 1.92. The van der Waals surface area contributed by atoms with Gasteiger partial charge >= 0.3 is 0 Å². The Morgan fingerprint density at radius 1 is 1.05 bits per heavy atom. The van der Waals surface area contributed by atoms with Gasteiger partial charge in [-0.15, -0.1) is 0 Å². The first kappa shape index (κ1) is 14.2. The summed E-state index contributed by atoms with van der Waals surface area (Å²) in [7, 11) is 0. The third-order valence-corrected chi connectivity index (χ3v) is 4.14. The van der Waals surface area contributed by atoms with Crippen molar-refractivity contribution >= 4 is 29.1 Å². The van der Waals surface area contributed by atoms with E-state index in [0.29, 0.717) is 41.1 Å². The fraction of sp³-hybridized carbons (Fsp3) is 0.188. The van der Waals surface area contributed by atoms with E-state index >= 15 is 0 Å². The Morgan fingerprint density at radius 2 is 1.76 bits per heavy atom. The number of para-hydroxylation sites is 1. The van der Waals surface area contributed by atoms with Gasteiger partial charge in [-0.2, -0.15) is 0 Å². The Hall–Kier alpha value is -1.71. The molecule has 3 nitrogen and oxygen atoms in total. The molecular formula is C16H13Cl2NO2. The lowest BCUT2D eigenvalue weighted by Crippen LogP contribution is -2.32. The van der Waals surface area contributed by atoms with Gasteiger partial charge in [0.05, 0.1) is 12.1 Å². The van der Waals surface area contributed by atoms with Gasteiger partial charge in [-0.25, -0.2) is 0 Å². The zero-order chi connectivity index (χ0) is 14.8. The fourth-order valence-corrected chi connectivity index (χ4v) is 2.85. The summed E-state index contributed by atoms with van der Waals surface area (Å²) in [6.07, 6.45) is 0. The predicted molar refractivity (Wildman–Crippen MR) is 83.1 cm³/mol. The first-order valence-corrected chi connectivity index (χ1v) is 7.36. The molecule has 3 rings (SSSR count). The number of carbonyl (C=O) groups is 1. The zero-order valence-electron chi connectivity index (χ0n) is 11.2. The van der Waals surface area contributed by atoms with E-state index in [1.807, 2.05) is 12.1 Å². The Kier molecular flexibility index (Phi) is 4.04. The van der Waals surface area contributed by atoms with Gasteiger partial charge in [0.1, 0.15) is 12.4 Å². The van der Waals surface area contributed by atoms with Crippen molar-refractivity contribution in [2.24, 2.45) is 0 Å². The number of amides is 1. The van der Waals surface area contributed by atoms with Crippen molar-refractivity contribution < 1.29 is 9.53 Å². The number of carbonyl (C=O) groups excluding carboxylic acids is 1. The molecule has 0 fully saturated rings. The van der Waals surface area contributed by atoms with Crippen LogP contribution >= 0.6 is 23.2 Å². The van der Waals surface area contributed by atoms with Crippen molar-refractivity contribution in [1.29, 1.82) is 0 Å². The summed E-state index contributed by atoms with van der Waals surface area (Å²) < 4.78 is 5.62. The van der Waals surface area contributed by atoms with Gasteiger partial charge in [0.15, 0.2) is 0 Å². The normalized spacial score (nSPS) is 14.4. The van der Waals surface area contributed by atoms with Crippen LogP contribution in [0.25, 0.3) is 0 Å². The van der Waals surface area contributed by atoms with Crippen molar-refractivity contribution in [2.75, 3.05) is 13.2 Å². The number of hydrogen-bond donors (Lipinski definition) is 0. The topological polar surface area (TPSA) is 29.5 Å². The lowest BCUT2D eigenvalue weighted by atomic mass is 10.1. The molecule has 0 saturated heterocycles. The van der Waals surface area contributed by atoms with Gasteiger partial charge in [-0.3, -0.25) is 4.79 Å². The molecule has 2 aromatic carbocycles. The lowest BCUT2D eigenvalue weighted by molar-refractivity contribution is 0.0743. The number of fused-ring (bicyclic) bond motifs is 1. The van der Waals surface area contributed by atoms with Gasteiger partial charge in [-0.05, 0) is 24.3 Å². The Morgan fingerprint density at radius 3 is 2.52 bits per heavy atom. The van der Waals surface area contributed by atoms with E-state index in [-0.39, 0.29) is 5.91 Å². The van der Waals surface area contributed by atoms with Crippen LogP contribution in [0.5, 0.6) is 5.75 Å². The Bertz CT molecular complexity index is 667. The van der Waals surface area contributed by atoms with Gasteiger partial charge in [-0.1, -0.05) is 41.4 Å². The van der Waals surface area contributed by atoms with Crippen LogP contribution in [0.1, 0.15) is 15.9 Å². The number of rotatable bonds is 2. The number of nitrogens with zero attached hydrogens (tertiary/aromatic N) is 1. The monoisotopic (exact) mass is 321 g/mol. The van der Waals surface area contributed by atoms with Crippen molar-refractivity contribution in [3.8, 4) is 5.75 Å². The van der Waals surface area contributed by atoms with E-state index in [2.05, 4.69) is 0 Å². The molecule has 0 atom stereocenters. The molecule has 1 heterocycles. The maximum Gasteiger partial charge on any atom is 0.258 e. The molecule has 1 amide bonds. The fourth-order valence-electron chi connectivity index (χ4n) is 2.33. The second kappa shape index (κ2) is 5.96. The second-order valence-corrected chi connectivity index (χ2v) is 5.59. The molecule has 1 aliphatic heterocycles. The summed E-state index contributed by atoms with van der Waals surface area (Å²) in [4.78, 5) is 14.3. The molecule has 5 heteroatoms. The smallest absolute Gasteiger partial charge is 0.258 e. The van der Waals surface area contributed by atoms with Crippen LogP contribution in [-0.4, -0.2) is 24.0 Å². The first-order chi connectivity index (χ1) is 10.2. The second-order valence-electron chi connectivity index (χ2n) is 4.77. The van der Waals surface area contributed by atoms with Crippen molar-refractivity contribution in [3.05, 3.63) is 63.6 Å². The summed E-state index contributed by atoms with van der Waals surface area (Å²) in [6, 6.07) is 12.6. The highest BCUT2D eigenvalue weighted by molar-refractivity contribution is 6.36. The first-order valence-electron chi connectivity index (χ1n) is 6.61. The van der Waals surface area contributed by atoms with Crippen molar-refractivity contribution in [1.82, 2.24) is 4.90 Å². The maximum atomic E-state index is 12.6. The van der Waals surface area contributed by atoms with Crippen LogP contribution in [0.4, 0.5) is 0 Å². The van der Waals surface area contributed by atoms with Gasteiger partial charge in [0, 0.05) is 22.2 Å². The van der Waals surface area contributed by atoms with Crippen LogP contribution in [0, 0.1) is 0 Å². The SMILES string of the molecule is O=C1c2ccccc2OCCN1Cc1c(Cl)cccc1Cl. The minimum absolute atomic E-state index is 0.0703. The standard InChI is InChI=1S/C16H13Cl2NO2/c17-13-5-3-6-14(18)12(13)10-19-8-9-21-15-7-2-1-4-11(15)16(19)20/h1-7H,8-10H2. The molecule has 0 unspecified atom stereocenters. The molecule has 21 heavy (non-hydrogen) atoms. The van der Waals surface area contributed by atoms with Crippen LogP contribution < -0.4 is 4.74 Å². The highest BCUT2D eigenvalue weighted by Gasteiger charge is 2.24. The van der Waals surface area contributed by atoms with Crippen LogP contribution in [0.15, 0.2) is 42.5 Å². The third-order valence-electron chi connectivity index (χ3n) is 3.43. The zero-order valence-corrected chi connectivity index (χ0v) is 12.7. The minimum atomic E-state index is -0.0703. The third kappa shape index (κ3) is 2.85. The van der Waals surface area contributed by atoms with E-state index in [4.69, 9.17) is 27.9 Å². The number of hydrogen-bond acceptors (Lipinski definition) is 2. The summed E-state index contributed by atoms with van der Waals surface area (Å²) >= 11 is 12.4. The predicted octanol–water partition coefficient (Wildman–Crippen LogP) is 4.03. The van der Waals surface area contributed by atoms with Gasteiger partial charge in [0.25, 0.3) is 5.91 Å². The quantitative estimate of drug-likeness (QED) is 0.835. The van der Waals surface area contributed by atoms with Crippen LogP contribution in [0.3, 0.4) is 0 Å². The summed E-state index contributed by atoms with van der Waals surface area (Å²) in [5.41, 5.74) is 1.33. The van der Waals surface area contributed by atoms with E-state index < -0.39 is 0 Å². The van der Waals surface area contributed by atoms with E-state index in [0.717, 1.165) is 5.56 Å². The molecular weight excluding hydrogens is 309 g/mol. The lowest BCUT2D eigenvalue weighted by Gasteiger charge is -2.21. The maximum absolute atomic E-state index is 12.6. The highest BCUT2D eigenvalue weighted by Crippen LogP contribution is 2.28. The van der Waals surface area contributed by atoms with E-state index in [1.54, 1.807) is 35.2 Å². The molecule has 1 aliphatic rings. The van der Waals surface area contributed by atoms with Crippen LogP contribution in [0.2, 0.25) is 10.0 Å². The molecule has 0 bridgehead atoms. The highest BCUT2D eigenvalue weighted by atomic mass is 35.5. The molecule has 0 spiro atoms. The molecule has 0 aromatic heterocycles. The molecule has 0 saturated carbocycles. The number of halogens is 2. The molecule has 0 N–H and O–H groups in total. The number of benzene rings is 2. The van der Waals surface area contributed by atoms with E-state index in [9.17, 15) is 4.79 Å². The Labute approximate surface area is 133 Å². The average Bonchev–Trinajstić information content (AvgIpc) is 2.63. The van der Waals surface area contributed by atoms with Crippen molar-refractivity contribution in [3.63, 3.8) is 0 Å². The largest absolute Gasteiger partial charge is 0.491 e. The summed E-state index contributed by atoms with van der Waals surface area (Å²) in [5.74, 6) is 0.550. The molecule has 2 aromatic rings. The minimum Gasteiger partial charge on any atom is -0.491 e. The molecule has 0 radical (unpaired) electrons. The summed E-state index contributed by atoms with van der Waals surface area (Å²) in [6.45, 7) is 1.31. The van der Waals surface area contributed by atoms with Crippen molar-refractivity contribution in [2.45, 2.75) is 6.54 Å². The summed E-state index contributed by atoms with van der Waals surface area (Å²) in [5, 5.41) is 1.13. The van der Waals surface area contributed by atoms with Gasteiger partial charge in [0.2, 0.25) is 0 Å². The average molecular weight is 322 g/mol.